The third-order valence-corrected chi connectivity index (χ3v) is 5.81. The van der Waals surface area contributed by atoms with Crippen molar-refractivity contribution in [2.24, 2.45) is 11.7 Å². The van der Waals surface area contributed by atoms with Crippen LogP contribution in [-0.2, 0) is 46.5 Å². The number of benzene rings is 1. The lowest BCUT2D eigenvalue weighted by Gasteiger charge is -2.25. The van der Waals surface area contributed by atoms with Gasteiger partial charge in [0.15, 0.2) is 0 Å². The molecule has 0 saturated heterocycles. The van der Waals surface area contributed by atoms with Crippen molar-refractivity contribution >= 4 is 35.7 Å². The lowest BCUT2D eigenvalue weighted by molar-refractivity contribution is -0.141. The molecule has 0 aliphatic heterocycles. The number of rotatable bonds is 16. The van der Waals surface area contributed by atoms with Gasteiger partial charge in [-0.25, -0.2) is 9.78 Å². The van der Waals surface area contributed by atoms with E-state index in [4.69, 9.17) is 10.5 Å². The fraction of sp³-hybridized carbons (Fsp3) is 0.444. The molecule has 0 bridgehead atoms. The van der Waals surface area contributed by atoms with E-state index in [2.05, 4.69) is 36.0 Å². The van der Waals surface area contributed by atoms with Crippen LogP contribution in [0.3, 0.4) is 0 Å². The Balaban J connectivity index is 2.15. The average molecular weight is 588 g/mol. The van der Waals surface area contributed by atoms with Crippen molar-refractivity contribution in [3.8, 4) is 0 Å². The van der Waals surface area contributed by atoms with E-state index < -0.39 is 66.8 Å². The van der Waals surface area contributed by atoms with Crippen LogP contribution in [0.25, 0.3) is 0 Å². The van der Waals surface area contributed by atoms with Gasteiger partial charge in [-0.15, -0.1) is 0 Å². The maximum atomic E-state index is 13.3. The number of alkyl carbamates (subject to hydrolysis) is 1. The first kappa shape index (κ1) is 33.3. The number of carbonyl (C=O) groups excluding carboxylic acids is 6. The van der Waals surface area contributed by atoms with E-state index >= 15 is 0 Å². The second-order valence-electron chi connectivity index (χ2n) is 9.76. The molecule has 2 rings (SSSR count). The summed E-state index contributed by atoms with van der Waals surface area (Å²) < 4.78 is 9.73. The molecule has 0 fully saturated rings. The molecule has 1 heterocycles. The SMILES string of the molecule is COC(=O)CNC(=O)[C@@H](CC(C)C)NC(=O)[C@H](CC(N)=O)NC(=O)[C@@H](Cc1cnc[nH]1)NC(=O)OCc1ccccc1. The number of methoxy groups -OCH3 is 1. The molecular formula is C27H37N7O8. The number of nitrogens with two attached hydrogens (primary N) is 1. The number of imidazole rings is 1. The predicted octanol–water partition coefficient (Wildman–Crippen LogP) is -0.572. The Kier molecular flexibility index (Phi) is 13.5. The molecule has 0 unspecified atom stereocenters. The first-order valence-corrected chi connectivity index (χ1v) is 13.2. The van der Waals surface area contributed by atoms with Gasteiger partial charge in [0.1, 0.15) is 31.3 Å². The van der Waals surface area contributed by atoms with Gasteiger partial charge < -0.3 is 41.5 Å². The molecule has 3 atom stereocenters. The van der Waals surface area contributed by atoms with Crippen molar-refractivity contribution in [3.05, 3.63) is 54.1 Å². The summed E-state index contributed by atoms with van der Waals surface area (Å²) >= 11 is 0. The summed E-state index contributed by atoms with van der Waals surface area (Å²) in [6.07, 6.45) is 1.49. The van der Waals surface area contributed by atoms with Gasteiger partial charge in [0.2, 0.25) is 23.6 Å². The monoisotopic (exact) mass is 587 g/mol. The smallest absolute Gasteiger partial charge is 0.408 e. The number of nitrogens with zero attached hydrogens (tertiary/aromatic N) is 1. The maximum Gasteiger partial charge on any atom is 0.408 e. The van der Waals surface area contributed by atoms with E-state index in [1.807, 2.05) is 19.9 Å². The molecule has 15 heteroatoms. The summed E-state index contributed by atoms with van der Waals surface area (Å²) in [6, 6.07) is 5.08. The van der Waals surface area contributed by atoms with Gasteiger partial charge in [-0.05, 0) is 17.9 Å². The van der Waals surface area contributed by atoms with Crippen molar-refractivity contribution in [2.45, 2.75) is 57.8 Å². The molecule has 0 aliphatic rings. The fourth-order valence-electron chi connectivity index (χ4n) is 3.75. The van der Waals surface area contributed by atoms with Crippen molar-refractivity contribution in [3.63, 3.8) is 0 Å². The van der Waals surface area contributed by atoms with Crippen molar-refractivity contribution in [1.82, 2.24) is 31.2 Å². The number of hydrogen-bond donors (Lipinski definition) is 6. The Morgan fingerprint density at radius 3 is 2.19 bits per heavy atom. The summed E-state index contributed by atoms with van der Waals surface area (Å²) in [4.78, 5) is 81.7. The number of aromatic nitrogens is 2. The summed E-state index contributed by atoms with van der Waals surface area (Å²) in [7, 11) is 1.16. The molecule has 0 radical (unpaired) electrons. The van der Waals surface area contributed by atoms with E-state index in [1.54, 1.807) is 24.3 Å². The largest absolute Gasteiger partial charge is 0.468 e. The summed E-state index contributed by atoms with van der Waals surface area (Å²) in [6.45, 7) is 3.17. The van der Waals surface area contributed by atoms with Gasteiger partial charge in [-0.1, -0.05) is 44.2 Å². The van der Waals surface area contributed by atoms with Gasteiger partial charge in [0.05, 0.1) is 19.9 Å². The number of hydrogen-bond acceptors (Lipinski definition) is 9. The van der Waals surface area contributed by atoms with Crippen LogP contribution < -0.4 is 27.0 Å². The highest BCUT2D eigenvalue weighted by Gasteiger charge is 2.31. The summed E-state index contributed by atoms with van der Waals surface area (Å²) in [5.41, 5.74) is 6.55. The first-order chi connectivity index (χ1) is 20.0. The van der Waals surface area contributed by atoms with Gasteiger partial charge in [-0.2, -0.15) is 0 Å². The quantitative estimate of drug-likeness (QED) is 0.138. The Bertz CT molecular complexity index is 1200. The van der Waals surface area contributed by atoms with E-state index in [9.17, 15) is 28.8 Å². The van der Waals surface area contributed by atoms with Crippen LogP contribution in [-0.4, -0.2) is 77.4 Å². The zero-order valence-corrected chi connectivity index (χ0v) is 23.7. The first-order valence-electron chi connectivity index (χ1n) is 13.2. The minimum absolute atomic E-state index is 0.0479. The highest BCUT2D eigenvalue weighted by Crippen LogP contribution is 2.08. The number of esters is 1. The Hall–Kier alpha value is -4.95. The van der Waals surface area contributed by atoms with E-state index in [-0.39, 0.29) is 25.4 Å². The Morgan fingerprint density at radius 2 is 1.60 bits per heavy atom. The molecule has 0 aliphatic carbocycles. The maximum absolute atomic E-state index is 13.3. The molecular weight excluding hydrogens is 550 g/mol. The number of primary amides is 1. The van der Waals surface area contributed by atoms with Crippen molar-refractivity contribution in [2.75, 3.05) is 13.7 Å². The van der Waals surface area contributed by atoms with Crippen LogP contribution in [0.4, 0.5) is 4.79 Å². The van der Waals surface area contributed by atoms with Gasteiger partial charge in [0.25, 0.3) is 0 Å². The number of nitrogens with one attached hydrogen (secondary N) is 5. The van der Waals surface area contributed by atoms with Gasteiger partial charge >= 0.3 is 12.1 Å². The zero-order valence-electron chi connectivity index (χ0n) is 23.7. The van der Waals surface area contributed by atoms with Crippen molar-refractivity contribution in [1.29, 1.82) is 0 Å². The zero-order chi connectivity index (χ0) is 31.1. The topological polar surface area (TPSA) is 224 Å². The Labute approximate surface area is 242 Å². The second-order valence-corrected chi connectivity index (χ2v) is 9.76. The molecule has 1 aromatic carbocycles. The minimum Gasteiger partial charge on any atom is -0.468 e. The van der Waals surface area contributed by atoms with Crippen LogP contribution in [0.5, 0.6) is 0 Å². The molecule has 228 valence electrons. The van der Waals surface area contributed by atoms with Crippen LogP contribution in [0.15, 0.2) is 42.9 Å². The molecule has 7 N–H and O–H groups in total. The lowest BCUT2D eigenvalue weighted by atomic mass is 10.0. The van der Waals surface area contributed by atoms with Crippen LogP contribution in [0.1, 0.15) is 37.9 Å². The third-order valence-electron chi connectivity index (χ3n) is 5.81. The van der Waals surface area contributed by atoms with Crippen LogP contribution in [0, 0.1) is 5.92 Å². The minimum atomic E-state index is -1.48. The predicted molar refractivity (Wildman–Crippen MR) is 148 cm³/mol. The highest BCUT2D eigenvalue weighted by molar-refractivity contribution is 5.96. The summed E-state index contributed by atoms with van der Waals surface area (Å²) in [5.74, 6) is -3.98. The second kappa shape index (κ2) is 17.0. The standard InChI is InChI=1S/C27H37N7O8/c1-16(2)9-19(24(37)30-13-23(36)41-3)32-26(39)21(11-22(28)35)33-25(38)20(10-18-12-29-15-31-18)34-27(40)42-14-17-7-5-4-6-8-17/h4-8,12,15-16,19-21H,9-11,13-14H2,1-3H3,(H2,28,35)(H,29,31)(H,30,37)(H,32,39)(H,33,38)(H,34,40)/t19-,20-,21+/m1/s1. The number of ether oxygens (including phenoxy) is 2. The van der Waals surface area contributed by atoms with Crippen molar-refractivity contribution < 1.29 is 38.2 Å². The van der Waals surface area contributed by atoms with E-state index in [1.165, 1.54) is 12.5 Å². The van der Waals surface area contributed by atoms with E-state index in [0.29, 0.717) is 5.69 Å². The molecule has 5 amide bonds. The molecule has 15 nitrogen and oxygen atoms in total. The molecule has 1 aromatic heterocycles. The number of carbonyl (C=O) groups is 6. The van der Waals surface area contributed by atoms with Gasteiger partial charge in [0, 0.05) is 18.3 Å². The third kappa shape index (κ3) is 12.1. The summed E-state index contributed by atoms with van der Waals surface area (Å²) in [5, 5.41) is 9.78. The average Bonchev–Trinajstić information content (AvgIpc) is 3.46. The molecule has 0 spiro atoms. The molecule has 0 saturated carbocycles. The fourth-order valence-corrected chi connectivity index (χ4v) is 3.75. The molecule has 42 heavy (non-hydrogen) atoms. The normalized spacial score (nSPS) is 12.8. The number of H-pyrrole nitrogens is 1. The lowest BCUT2D eigenvalue weighted by Crippen LogP contribution is -2.58. The Morgan fingerprint density at radius 1 is 0.929 bits per heavy atom. The highest BCUT2D eigenvalue weighted by atomic mass is 16.5. The van der Waals surface area contributed by atoms with Gasteiger partial charge in [-0.3, -0.25) is 24.0 Å². The number of amides is 5. The number of aromatic amines is 1. The van der Waals surface area contributed by atoms with Crippen LogP contribution in [0.2, 0.25) is 0 Å². The van der Waals surface area contributed by atoms with E-state index in [0.717, 1.165) is 12.7 Å². The van der Waals surface area contributed by atoms with Crippen LogP contribution >= 0.6 is 0 Å². The molecule has 2 aromatic rings.